The molecular formula is C16H18ClNS. The average Bonchev–Trinajstić information content (AvgIpc) is 2.46. The Labute approximate surface area is 124 Å². The molecule has 1 N–H and O–H groups in total. The number of rotatable bonds is 5. The SMILES string of the molecule is CCC(Nc1cccc(SC)c1)c1ccc(Cl)cc1. The maximum Gasteiger partial charge on any atom is 0.0511 e. The van der Waals surface area contributed by atoms with E-state index in [2.05, 4.69) is 54.9 Å². The molecule has 3 heteroatoms. The monoisotopic (exact) mass is 291 g/mol. The minimum atomic E-state index is 0.314. The van der Waals surface area contributed by atoms with Gasteiger partial charge in [-0.15, -0.1) is 11.8 Å². The Kier molecular flexibility index (Phi) is 5.17. The summed E-state index contributed by atoms with van der Waals surface area (Å²) in [7, 11) is 0. The van der Waals surface area contributed by atoms with E-state index in [0.29, 0.717) is 6.04 Å². The highest BCUT2D eigenvalue weighted by molar-refractivity contribution is 7.98. The van der Waals surface area contributed by atoms with Gasteiger partial charge in [0.25, 0.3) is 0 Å². The van der Waals surface area contributed by atoms with E-state index >= 15 is 0 Å². The maximum absolute atomic E-state index is 5.94. The highest BCUT2D eigenvalue weighted by Crippen LogP contribution is 2.26. The summed E-state index contributed by atoms with van der Waals surface area (Å²) >= 11 is 7.69. The molecule has 2 rings (SSSR count). The highest BCUT2D eigenvalue weighted by Gasteiger charge is 2.09. The average molecular weight is 292 g/mol. The van der Waals surface area contributed by atoms with Crippen LogP contribution in [0.4, 0.5) is 5.69 Å². The molecule has 0 saturated heterocycles. The lowest BCUT2D eigenvalue weighted by atomic mass is 10.0. The molecule has 0 heterocycles. The summed E-state index contributed by atoms with van der Waals surface area (Å²) in [5.74, 6) is 0. The number of nitrogens with one attached hydrogen (secondary N) is 1. The molecule has 19 heavy (non-hydrogen) atoms. The van der Waals surface area contributed by atoms with Gasteiger partial charge in [0.15, 0.2) is 0 Å². The second-order valence-corrected chi connectivity index (χ2v) is 5.70. The first kappa shape index (κ1) is 14.3. The molecule has 2 aromatic rings. The zero-order valence-corrected chi connectivity index (χ0v) is 12.8. The van der Waals surface area contributed by atoms with Crippen LogP contribution in [0.5, 0.6) is 0 Å². The summed E-state index contributed by atoms with van der Waals surface area (Å²) in [6, 6.07) is 16.9. The molecule has 0 amide bonds. The lowest BCUT2D eigenvalue weighted by Crippen LogP contribution is -2.09. The molecule has 1 nitrogen and oxygen atoms in total. The van der Waals surface area contributed by atoms with E-state index in [4.69, 9.17) is 11.6 Å². The number of benzene rings is 2. The lowest BCUT2D eigenvalue weighted by Gasteiger charge is -2.19. The molecule has 0 saturated carbocycles. The van der Waals surface area contributed by atoms with Gasteiger partial charge in [-0.2, -0.15) is 0 Å². The van der Waals surface area contributed by atoms with Crippen molar-refractivity contribution < 1.29 is 0 Å². The van der Waals surface area contributed by atoms with Gasteiger partial charge in [0.05, 0.1) is 6.04 Å². The third kappa shape index (κ3) is 3.92. The van der Waals surface area contributed by atoms with E-state index in [1.165, 1.54) is 10.5 Å². The third-order valence-corrected chi connectivity index (χ3v) is 4.07. The van der Waals surface area contributed by atoms with E-state index in [9.17, 15) is 0 Å². The Bertz CT molecular complexity index is 525. The van der Waals surface area contributed by atoms with Crippen LogP contribution in [0.1, 0.15) is 24.9 Å². The topological polar surface area (TPSA) is 12.0 Å². The van der Waals surface area contributed by atoms with E-state index in [1.54, 1.807) is 11.8 Å². The van der Waals surface area contributed by atoms with Gasteiger partial charge in [-0.3, -0.25) is 0 Å². The van der Waals surface area contributed by atoms with Crippen LogP contribution in [0.15, 0.2) is 53.4 Å². The van der Waals surface area contributed by atoms with E-state index < -0.39 is 0 Å². The zero-order chi connectivity index (χ0) is 13.7. The second-order valence-electron chi connectivity index (χ2n) is 4.39. The Morgan fingerprint density at radius 1 is 1.16 bits per heavy atom. The van der Waals surface area contributed by atoms with Crippen molar-refractivity contribution in [3.8, 4) is 0 Å². The number of thioether (sulfide) groups is 1. The molecule has 0 spiro atoms. The van der Waals surface area contributed by atoms with Gasteiger partial charge < -0.3 is 5.32 Å². The summed E-state index contributed by atoms with van der Waals surface area (Å²) in [6.07, 6.45) is 3.13. The van der Waals surface area contributed by atoms with Crippen molar-refractivity contribution in [3.05, 3.63) is 59.1 Å². The van der Waals surface area contributed by atoms with Crippen LogP contribution in [0.3, 0.4) is 0 Å². The van der Waals surface area contributed by atoms with Gasteiger partial charge in [-0.25, -0.2) is 0 Å². The molecule has 1 atom stereocenters. The molecule has 0 radical (unpaired) electrons. The molecule has 0 aromatic heterocycles. The van der Waals surface area contributed by atoms with Crippen LogP contribution in [0, 0.1) is 0 Å². The smallest absolute Gasteiger partial charge is 0.0511 e. The maximum atomic E-state index is 5.94. The van der Waals surface area contributed by atoms with Gasteiger partial charge in [0.1, 0.15) is 0 Å². The van der Waals surface area contributed by atoms with Crippen molar-refractivity contribution in [3.63, 3.8) is 0 Å². The van der Waals surface area contributed by atoms with Crippen molar-refractivity contribution >= 4 is 29.1 Å². The fourth-order valence-corrected chi connectivity index (χ4v) is 2.62. The Balaban J connectivity index is 2.16. The van der Waals surface area contributed by atoms with Gasteiger partial charge in [-0.1, -0.05) is 36.7 Å². The number of halogens is 1. The van der Waals surface area contributed by atoms with Crippen LogP contribution in [-0.4, -0.2) is 6.26 Å². The second kappa shape index (κ2) is 6.88. The lowest BCUT2D eigenvalue weighted by molar-refractivity contribution is 0.749. The zero-order valence-electron chi connectivity index (χ0n) is 11.2. The fraction of sp³-hybridized carbons (Fsp3) is 0.250. The summed E-state index contributed by atoms with van der Waals surface area (Å²) in [4.78, 5) is 1.27. The third-order valence-electron chi connectivity index (χ3n) is 3.09. The predicted octanol–water partition coefficient (Wildman–Crippen LogP) is 5.63. The molecule has 0 aliphatic carbocycles. The molecule has 1 unspecified atom stereocenters. The van der Waals surface area contributed by atoms with Crippen LogP contribution in [0.25, 0.3) is 0 Å². The van der Waals surface area contributed by atoms with Crippen LogP contribution in [-0.2, 0) is 0 Å². The summed E-state index contributed by atoms with van der Waals surface area (Å²) in [5.41, 5.74) is 2.43. The van der Waals surface area contributed by atoms with Crippen molar-refractivity contribution in [2.75, 3.05) is 11.6 Å². The first-order valence-electron chi connectivity index (χ1n) is 6.39. The largest absolute Gasteiger partial charge is 0.378 e. The number of hydrogen-bond donors (Lipinski definition) is 1. The Morgan fingerprint density at radius 2 is 1.89 bits per heavy atom. The van der Waals surface area contributed by atoms with Crippen LogP contribution < -0.4 is 5.32 Å². The number of anilines is 1. The van der Waals surface area contributed by atoms with E-state index in [-0.39, 0.29) is 0 Å². The predicted molar refractivity (Wildman–Crippen MR) is 86.3 cm³/mol. The normalized spacial score (nSPS) is 12.2. The van der Waals surface area contributed by atoms with E-state index in [0.717, 1.165) is 17.1 Å². The summed E-state index contributed by atoms with van der Waals surface area (Å²) in [5, 5.41) is 4.36. The van der Waals surface area contributed by atoms with Gasteiger partial charge in [0, 0.05) is 15.6 Å². The van der Waals surface area contributed by atoms with Crippen molar-refractivity contribution in [1.29, 1.82) is 0 Å². The molecular weight excluding hydrogens is 274 g/mol. The first-order valence-corrected chi connectivity index (χ1v) is 7.99. The van der Waals surface area contributed by atoms with Crippen molar-refractivity contribution in [1.82, 2.24) is 0 Å². The highest BCUT2D eigenvalue weighted by atomic mass is 35.5. The van der Waals surface area contributed by atoms with Gasteiger partial charge in [0.2, 0.25) is 0 Å². The summed E-state index contributed by atoms with van der Waals surface area (Å²) < 4.78 is 0. The quantitative estimate of drug-likeness (QED) is 0.717. The van der Waals surface area contributed by atoms with Crippen LogP contribution >= 0.6 is 23.4 Å². The minimum Gasteiger partial charge on any atom is -0.378 e. The van der Waals surface area contributed by atoms with E-state index in [1.807, 2.05) is 12.1 Å². The first-order chi connectivity index (χ1) is 9.22. The standard InChI is InChI=1S/C16H18ClNS/c1-3-16(12-7-9-13(17)10-8-12)18-14-5-4-6-15(11-14)19-2/h4-11,16,18H,3H2,1-2H3. The molecule has 0 aliphatic rings. The van der Waals surface area contributed by atoms with Crippen molar-refractivity contribution in [2.24, 2.45) is 0 Å². The van der Waals surface area contributed by atoms with Crippen molar-refractivity contribution in [2.45, 2.75) is 24.3 Å². The Morgan fingerprint density at radius 3 is 2.53 bits per heavy atom. The number of hydrogen-bond acceptors (Lipinski definition) is 2. The molecule has 100 valence electrons. The Hall–Kier alpha value is -1.12. The van der Waals surface area contributed by atoms with Gasteiger partial charge in [-0.05, 0) is 48.6 Å². The molecule has 0 bridgehead atoms. The minimum absolute atomic E-state index is 0.314. The summed E-state index contributed by atoms with van der Waals surface area (Å²) in [6.45, 7) is 2.19. The molecule has 0 aliphatic heterocycles. The van der Waals surface area contributed by atoms with Gasteiger partial charge >= 0.3 is 0 Å². The molecule has 0 fully saturated rings. The fourth-order valence-electron chi connectivity index (χ4n) is 2.03. The molecule has 2 aromatic carbocycles. The van der Waals surface area contributed by atoms with Crippen LogP contribution in [0.2, 0.25) is 5.02 Å².